The van der Waals surface area contributed by atoms with E-state index in [1.165, 1.54) is 0 Å². The van der Waals surface area contributed by atoms with Crippen molar-refractivity contribution in [1.82, 2.24) is 9.36 Å². The lowest BCUT2D eigenvalue weighted by Crippen LogP contribution is -2.10. The number of carboxylic acids is 1. The van der Waals surface area contributed by atoms with Crippen LogP contribution in [-0.2, 0) is 0 Å². The first kappa shape index (κ1) is 11.3. The van der Waals surface area contributed by atoms with E-state index in [0.717, 1.165) is 23.9 Å². The van der Waals surface area contributed by atoms with Gasteiger partial charge in [0.15, 0.2) is 5.76 Å². The number of nitrogens with zero attached hydrogens (tertiary/aromatic N) is 2. The number of aromatic carboxylic acids is 1. The molecule has 2 aromatic heterocycles. The lowest BCUT2D eigenvalue weighted by molar-refractivity contribution is 0.0696. The van der Waals surface area contributed by atoms with Crippen molar-refractivity contribution in [1.29, 1.82) is 0 Å². The zero-order valence-electron chi connectivity index (χ0n) is 8.63. The van der Waals surface area contributed by atoms with Gasteiger partial charge in [-0.15, -0.1) is 0 Å². The van der Waals surface area contributed by atoms with E-state index in [1.807, 2.05) is 0 Å². The predicted molar refractivity (Wildman–Crippen MR) is 58.3 cm³/mol. The van der Waals surface area contributed by atoms with Gasteiger partial charge in [-0.2, -0.15) is 4.37 Å². The first-order valence-corrected chi connectivity index (χ1v) is 5.27. The van der Waals surface area contributed by atoms with Crippen molar-refractivity contribution in [3.05, 3.63) is 29.5 Å². The summed E-state index contributed by atoms with van der Waals surface area (Å²) in [7, 11) is 0. The van der Waals surface area contributed by atoms with Gasteiger partial charge in [0.05, 0.1) is 5.56 Å². The molecule has 0 aliphatic carbocycles. The van der Waals surface area contributed by atoms with Gasteiger partial charge in [0.2, 0.25) is 5.13 Å². The van der Waals surface area contributed by atoms with E-state index < -0.39 is 11.9 Å². The van der Waals surface area contributed by atoms with Gasteiger partial charge in [0.25, 0.3) is 5.91 Å². The number of aromatic nitrogens is 2. The molecule has 88 valence electrons. The van der Waals surface area contributed by atoms with Crippen molar-refractivity contribution >= 4 is 28.5 Å². The predicted octanol–water partition coefficient (Wildman–Crippen LogP) is 1.39. The van der Waals surface area contributed by atoms with Gasteiger partial charge in [-0.25, -0.2) is 9.78 Å². The Morgan fingerprint density at radius 1 is 1.53 bits per heavy atom. The Hall–Kier alpha value is -2.22. The molecular weight excluding hydrogens is 246 g/mol. The van der Waals surface area contributed by atoms with Crippen LogP contribution < -0.4 is 5.32 Å². The molecular formula is C9H7N3O4S. The minimum absolute atomic E-state index is 0.0800. The van der Waals surface area contributed by atoms with Crippen LogP contribution in [0.15, 0.2) is 16.7 Å². The Morgan fingerprint density at radius 3 is 2.82 bits per heavy atom. The standard InChI is InChI=1S/C9H7N3O4S/c1-4-10-9(17-12-4)11-7(13)6-2-5(3-16-6)8(14)15/h2-3H,1H3,(H,14,15)(H,10,11,12,13). The molecule has 2 rings (SSSR count). The van der Waals surface area contributed by atoms with Crippen LogP contribution in [0.2, 0.25) is 0 Å². The average molecular weight is 253 g/mol. The van der Waals surface area contributed by atoms with Crippen LogP contribution in [0, 0.1) is 6.92 Å². The normalized spacial score (nSPS) is 10.2. The lowest BCUT2D eigenvalue weighted by atomic mass is 10.3. The second-order valence-corrected chi connectivity index (χ2v) is 3.86. The van der Waals surface area contributed by atoms with E-state index >= 15 is 0 Å². The number of hydrogen-bond donors (Lipinski definition) is 2. The molecule has 0 spiro atoms. The van der Waals surface area contributed by atoms with Gasteiger partial charge in [-0.1, -0.05) is 0 Å². The van der Waals surface area contributed by atoms with E-state index in [9.17, 15) is 9.59 Å². The second-order valence-electron chi connectivity index (χ2n) is 3.11. The monoisotopic (exact) mass is 253 g/mol. The fourth-order valence-electron chi connectivity index (χ4n) is 1.07. The first-order valence-electron chi connectivity index (χ1n) is 4.50. The van der Waals surface area contributed by atoms with E-state index in [1.54, 1.807) is 6.92 Å². The van der Waals surface area contributed by atoms with Crippen LogP contribution in [0.5, 0.6) is 0 Å². The number of furan rings is 1. The van der Waals surface area contributed by atoms with Crippen molar-refractivity contribution in [3.8, 4) is 0 Å². The number of nitrogens with one attached hydrogen (secondary N) is 1. The highest BCUT2D eigenvalue weighted by Crippen LogP contribution is 2.13. The third kappa shape index (κ3) is 2.48. The molecule has 0 unspecified atom stereocenters. The van der Waals surface area contributed by atoms with Gasteiger partial charge < -0.3 is 9.52 Å². The lowest BCUT2D eigenvalue weighted by Gasteiger charge is -1.95. The Balaban J connectivity index is 2.11. The summed E-state index contributed by atoms with van der Waals surface area (Å²) in [5.41, 5.74) is -0.0800. The average Bonchev–Trinajstić information content (AvgIpc) is 2.86. The summed E-state index contributed by atoms with van der Waals surface area (Å²) in [5, 5.41) is 11.4. The Labute approximate surface area is 99.3 Å². The molecule has 0 bridgehead atoms. The first-order chi connectivity index (χ1) is 8.06. The maximum absolute atomic E-state index is 11.6. The van der Waals surface area contributed by atoms with Crippen molar-refractivity contribution < 1.29 is 19.1 Å². The zero-order chi connectivity index (χ0) is 12.4. The molecule has 0 aliphatic rings. The highest BCUT2D eigenvalue weighted by molar-refractivity contribution is 7.09. The van der Waals surface area contributed by atoms with Crippen LogP contribution >= 0.6 is 11.5 Å². The van der Waals surface area contributed by atoms with Crippen LogP contribution in [0.3, 0.4) is 0 Å². The highest BCUT2D eigenvalue weighted by Gasteiger charge is 2.15. The molecule has 0 fully saturated rings. The maximum Gasteiger partial charge on any atom is 0.338 e. The van der Waals surface area contributed by atoms with Crippen molar-refractivity contribution in [3.63, 3.8) is 0 Å². The van der Waals surface area contributed by atoms with Gasteiger partial charge in [-0.3, -0.25) is 10.1 Å². The minimum atomic E-state index is -1.15. The van der Waals surface area contributed by atoms with E-state index in [4.69, 9.17) is 9.52 Å². The topological polar surface area (TPSA) is 105 Å². The van der Waals surface area contributed by atoms with Crippen molar-refractivity contribution in [2.75, 3.05) is 5.32 Å². The van der Waals surface area contributed by atoms with Gasteiger partial charge in [0, 0.05) is 17.6 Å². The Bertz CT molecular complexity index is 574. The summed E-state index contributed by atoms with van der Waals surface area (Å²) in [6, 6.07) is 1.14. The Morgan fingerprint density at radius 2 is 2.29 bits per heavy atom. The fraction of sp³-hybridized carbons (Fsp3) is 0.111. The molecule has 0 atom stereocenters. The largest absolute Gasteiger partial charge is 0.478 e. The van der Waals surface area contributed by atoms with E-state index in [0.29, 0.717) is 11.0 Å². The van der Waals surface area contributed by atoms with Crippen LogP contribution in [-0.4, -0.2) is 26.3 Å². The maximum atomic E-state index is 11.6. The third-order valence-corrected chi connectivity index (χ3v) is 2.54. The molecule has 2 heterocycles. The number of carbonyl (C=O) groups is 2. The quantitative estimate of drug-likeness (QED) is 0.856. The molecule has 0 aromatic carbocycles. The van der Waals surface area contributed by atoms with Crippen molar-refractivity contribution in [2.45, 2.75) is 6.92 Å². The van der Waals surface area contributed by atoms with Crippen molar-refractivity contribution in [2.24, 2.45) is 0 Å². The van der Waals surface area contributed by atoms with Gasteiger partial charge in [-0.05, 0) is 6.92 Å². The molecule has 17 heavy (non-hydrogen) atoms. The SMILES string of the molecule is Cc1nsc(NC(=O)c2cc(C(=O)O)co2)n1. The summed E-state index contributed by atoms with van der Waals surface area (Å²) in [5.74, 6) is -1.25. The molecule has 0 saturated carbocycles. The second kappa shape index (κ2) is 4.34. The molecule has 0 aliphatic heterocycles. The summed E-state index contributed by atoms with van der Waals surface area (Å²) in [6.45, 7) is 1.70. The fourth-order valence-corrected chi connectivity index (χ4v) is 1.64. The molecule has 7 nitrogen and oxygen atoms in total. The van der Waals surface area contributed by atoms with Gasteiger partial charge in [0.1, 0.15) is 12.1 Å². The molecule has 0 radical (unpaired) electrons. The molecule has 0 saturated heterocycles. The summed E-state index contributed by atoms with van der Waals surface area (Å²) >= 11 is 1.03. The number of carbonyl (C=O) groups excluding carboxylic acids is 1. The summed E-state index contributed by atoms with van der Waals surface area (Å²) < 4.78 is 8.72. The number of amides is 1. The minimum Gasteiger partial charge on any atom is -0.478 e. The number of aryl methyl sites for hydroxylation is 1. The number of rotatable bonds is 3. The molecule has 8 heteroatoms. The van der Waals surface area contributed by atoms with Crippen LogP contribution in [0.4, 0.5) is 5.13 Å². The number of hydrogen-bond acceptors (Lipinski definition) is 6. The number of carboxylic acid groups (broad SMARTS) is 1. The molecule has 2 N–H and O–H groups in total. The Kier molecular flexibility index (Phi) is 2.88. The summed E-state index contributed by atoms with van der Waals surface area (Å²) in [4.78, 5) is 26.1. The molecule has 1 amide bonds. The third-order valence-electron chi connectivity index (χ3n) is 1.82. The smallest absolute Gasteiger partial charge is 0.338 e. The zero-order valence-corrected chi connectivity index (χ0v) is 9.45. The summed E-state index contributed by atoms with van der Waals surface area (Å²) in [6.07, 6.45) is 1.00. The van der Waals surface area contributed by atoms with Gasteiger partial charge >= 0.3 is 5.97 Å². The number of anilines is 1. The molecule has 2 aromatic rings. The van der Waals surface area contributed by atoms with Crippen LogP contribution in [0.25, 0.3) is 0 Å². The van der Waals surface area contributed by atoms with E-state index in [-0.39, 0.29) is 11.3 Å². The highest BCUT2D eigenvalue weighted by atomic mass is 32.1. The van der Waals surface area contributed by atoms with E-state index in [2.05, 4.69) is 14.7 Å². The van der Waals surface area contributed by atoms with Crippen LogP contribution in [0.1, 0.15) is 26.7 Å².